The summed E-state index contributed by atoms with van der Waals surface area (Å²) in [5, 5.41) is 0. The molecule has 1 fully saturated rings. The molecule has 0 aromatic heterocycles. The van der Waals surface area contributed by atoms with Gasteiger partial charge in [0.05, 0.1) is 0 Å². The first kappa shape index (κ1) is 13.0. The fraction of sp³-hybridized carbons (Fsp3) is 0.278. The number of halogens is 1. The summed E-state index contributed by atoms with van der Waals surface area (Å²) < 4.78 is 12.9. The summed E-state index contributed by atoms with van der Waals surface area (Å²) >= 11 is 0. The summed E-state index contributed by atoms with van der Waals surface area (Å²) in [4.78, 5) is 12.3. The lowest BCUT2D eigenvalue weighted by Gasteiger charge is -2.03. The van der Waals surface area contributed by atoms with Crippen molar-refractivity contribution in [1.29, 1.82) is 0 Å². The van der Waals surface area contributed by atoms with E-state index in [0.29, 0.717) is 11.5 Å². The lowest BCUT2D eigenvalue weighted by Crippen LogP contribution is -2.03. The van der Waals surface area contributed by atoms with Gasteiger partial charge in [-0.1, -0.05) is 31.2 Å². The van der Waals surface area contributed by atoms with Gasteiger partial charge in [0.25, 0.3) is 0 Å². The van der Waals surface area contributed by atoms with Crippen LogP contribution in [0.5, 0.6) is 0 Å². The molecule has 0 N–H and O–H groups in total. The summed E-state index contributed by atoms with van der Waals surface area (Å²) in [6.45, 7) is 2.13. The van der Waals surface area contributed by atoms with Crippen LogP contribution < -0.4 is 0 Å². The third-order valence-electron chi connectivity index (χ3n) is 4.07. The molecule has 0 aliphatic heterocycles. The highest BCUT2D eigenvalue weighted by Gasteiger charge is 2.43. The van der Waals surface area contributed by atoms with Gasteiger partial charge in [0.2, 0.25) is 0 Å². The van der Waals surface area contributed by atoms with E-state index in [-0.39, 0.29) is 17.5 Å². The van der Waals surface area contributed by atoms with E-state index in [9.17, 15) is 9.18 Å². The van der Waals surface area contributed by atoms with Gasteiger partial charge in [0.15, 0.2) is 5.78 Å². The molecule has 0 saturated heterocycles. The maximum atomic E-state index is 12.9. The molecular weight excluding hydrogens is 251 g/mol. The van der Waals surface area contributed by atoms with E-state index in [0.717, 1.165) is 12.8 Å². The zero-order valence-electron chi connectivity index (χ0n) is 11.5. The molecule has 1 aliphatic carbocycles. The van der Waals surface area contributed by atoms with Crippen LogP contribution in [-0.4, -0.2) is 5.78 Å². The second kappa shape index (κ2) is 5.20. The molecule has 2 unspecified atom stereocenters. The van der Waals surface area contributed by atoms with Crippen molar-refractivity contribution < 1.29 is 9.18 Å². The fourth-order valence-corrected chi connectivity index (χ4v) is 2.68. The van der Waals surface area contributed by atoms with Crippen molar-refractivity contribution in [3.05, 3.63) is 71.0 Å². The van der Waals surface area contributed by atoms with E-state index in [1.165, 1.54) is 23.3 Å². The Morgan fingerprint density at radius 1 is 1.10 bits per heavy atom. The smallest absolute Gasteiger partial charge is 0.166 e. The molecule has 102 valence electrons. The normalized spacial score (nSPS) is 20.7. The van der Waals surface area contributed by atoms with Crippen LogP contribution in [0.15, 0.2) is 48.5 Å². The summed E-state index contributed by atoms with van der Waals surface area (Å²) in [6, 6.07) is 14.4. The quantitative estimate of drug-likeness (QED) is 0.752. The van der Waals surface area contributed by atoms with Crippen LogP contribution in [0.4, 0.5) is 4.39 Å². The van der Waals surface area contributed by atoms with Gasteiger partial charge in [-0.2, -0.15) is 0 Å². The topological polar surface area (TPSA) is 17.1 Å². The molecule has 1 aliphatic rings. The predicted octanol–water partition coefficient (Wildman–Crippen LogP) is 4.37. The third kappa shape index (κ3) is 2.51. The second-order valence-corrected chi connectivity index (χ2v) is 5.41. The lowest BCUT2D eigenvalue weighted by molar-refractivity contribution is 0.0965. The van der Waals surface area contributed by atoms with Crippen molar-refractivity contribution in [2.24, 2.45) is 5.92 Å². The van der Waals surface area contributed by atoms with Gasteiger partial charge in [0.1, 0.15) is 5.82 Å². The average molecular weight is 268 g/mol. The monoisotopic (exact) mass is 268 g/mol. The zero-order valence-corrected chi connectivity index (χ0v) is 11.5. The molecule has 3 rings (SSSR count). The van der Waals surface area contributed by atoms with E-state index in [4.69, 9.17) is 0 Å². The van der Waals surface area contributed by atoms with E-state index in [1.54, 1.807) is 12.1 Å². The highest BCUT2D eigenvalue weighted by molar-refractivity contribution is 6.00. The Kier molecular flexibility index (Phi) is 3.39. The fourth-order valence-electron chi connectivity index (χ4n) is 2.68. The number of carbonyl (C=O) groups is 1. The Morgan fingerprint density at radius 2 is 1.75 bits per heavy atom. The Hall–Kier alpha value is -1.96. The van der Waals surface area contributed by atoms with E-state index in [1.807, 2.05) is 0 Å². The molecule has 1 saturated carbocycles. The molecule has 2 aromatic carbocycles. The Balaban J connectivity index is 1.71. The Morgan fingerprint density at radius 3 is 2.35 bits per heavy atom. The average Bonchev–Trinajstić information content (AvgIpc) is 3.28. The number of rotatable bonds is 4. The van der Waals surface area contributed by atoms with Crippen LogP contribution >= 0.6 is 0 Å². The van der Waals surface area contributed by atoms with Crippen molar-refractivity contribution in [3.63, 3.8) is 0 Å². The van der Waals surface area contributed by atoms with Crippen LogP contribution in [0.2, 0.25) is 0 Å². The van der Waals surface area contributed by atoms with Gasteiger partial charge in [-0.25, -0.2) is 4.39 Å². The molecule has 0 spiro atoms. The molecule has 2 heteroatoms. The minimum atomic E-state index is -0.302. The Labute approximate surface area is 118 Å². The molecule has 20 heavy (non-hydrogen) atoms. The number of ketones is 1. The molecule has 1 nitrogen and oxygen atoms in total. The number of hydrogen-bond acceptors (Lipinski definition) is 1. The van der Waals surface area contributed by atoms with Gasteiger partial charge >= 0.3 is 0 Å². The molecule has 2 aromatic rings. The van der Waals surface area contributed by atoms with Gasteiger partial charge in [-0.05, 0) is 54.2 Å². The minimum absolute atomic E-state index is 0.0629. The molecule has 0 heterocycles. The van der Waals surface area contributed by atoms with E-state index >= 15 is 0 Å². The van der Waals surface area contributed by atoms with Crippen molar-refractivity contribution in [2.75, 3.05) is 0 Å². The van der Waals surface area contributed by atoms with Crippen molar-refractivity contribution >= 4 is 5.78 Å². The van der Waals surface area contributed by atoms with Crippen molar-refractivity contribution in [1.82, 2.24) is 0 Å². The van der Waals surface area contributed by atoms with Crippen LogP contribution in [0, 0.1) is 11.7 Å². The first-order valence-electron chi connectivity index (χ1n) is 7.07. The van der Waals surface area contributed by atoms with Crippen molar-refractivity contribution in [3.8, 4) is 0 Å². The highest BCUT2D eigenvalue weighted by atomic mass is 19.1. The first-order chi connectivity index (χ1) is 9.69. The van der Waals surface area contributed by atoms with E-state index in [2.05, 4.69) is 31.2 Å². The summed E-state index contributed by atoms with van der Waals surface area (Å²) in [5.41, 5.74) is 3.17. The summed E-state index contributed by atoms with van der Waals surface area (Å²) in [5.74, 6) is 0.227. The van der Waals surface area contributed by atoms with Gasteiger partial charge in [0, 0.05) is 11.5 Å². The predicted molar refractivity (Wildman–Crippen MR) is 77.4 cm³/mol. The largest absolute Gasteiger partial charge is 0.294 e. The minimum Gasteiger partial charge on any atom is -0.294 e. The van der Waals surface area contributed by atoms with Crippen molar-refractivity contribution in [2.45, 2.75) is 25.7 Å². The first-order valence-corrected chi connectivity index (χ1v) is 7.07. The second-order valence-electron chi connectivity index (χ2n) is 5.41. The van der Waals surface area contributed by atoms with E-state index < -0.39 is 0 Å². The van der Waals surface area contributed by atoms with Gasteiger partial charge < -0.3 is 0 Å². The van der Waals surface area contributed by atoms with Crippen LogP contribution in [-0.2, 0) is 6.42 Å². The Bertz CT molecular complexity index is 613. The highest BCUT2D eigenvalue weighted by Crippen LogP contribution is 2.49. The summed E-state index contributed by atoms with van der Waals surface area (Å²) in [7, 11) is 0. The maximum absolute atomic E-state index is 12.9. The van der Waals surface area contributed by atoms with Crippen LogP contribution in [0.3, 0.4) is 0 Å². The number of aryl methyl sites for hydroxylation is 1. The SMILES string of the molecule is CCc1ccc(C2CC2C(=O)c2ccc(F)cc2)cc1. The number of hydrogen-bond donors (Lipinski definition) is 0. The van der Waals surface area contributed by atoms with Crippen LogP contribution in [0.25, 0.3) is 0 Å². The molecular formula is C18H17FO. The number of carbonyl (C=O) groups excluding carboxylic acids is 1. The standard InChI is InChI=1S/C18H17FO/c1-2-12-3-5-13(6-4-12)16-11-17(16)18(20)14-7-9-15(19)10-8-14/h3-10,16-17H,2,11H2,1H3. The van der Waals surface area contributed by atoms with Gasteiger partial charge in [-0.15, -0.1) is 0 Å². The molecule has 0 radical (unpaired) electrons. The zero-order chi connectivity index (χ0) is 14.1. The molecule has 2 atom stereocenters. The number of Topliss-reactive ketones (excluding diaryl/α,β-unsaturated/α-hetero) is 1. The number of benzene rings is 2. The maximum Gasteiger partial charge on any atom is 0.166 e. The molecule has 0 amide bonds. The van der Waals surface area contributed by atoms with Gasteiger partial charge in [-0.3, -0.25) is 4.79 Å². The summed E-state index contributed by atoms with van der Waals surface area (Å²) in [6.07, 6.45) is 1.94. The third-order valence-corrected chi connectivity index (χ3v) is 4.07. The lowest BCUT2D eigenvalue weighted by atomic mass is 10.0. The van der Waals surface area contributed by atoms with Crippen LogP contribution in [0.1, 0.15) is 40.7 Å². The molecule has 0 bridgehead atoms.